The number of carbonyl (C=O) groups is 2. The average Bonchev–Trinajstić information content (AvgIpc) is 2.70. The molecule has 0 radical (unpaired) electrons. The van der Waals surface area contributed by atoms with Crippen molar-refractivity contribution in [3.63, 3.8) is 0 Å². The minimum Gasteiger partial charge on any atom is -0.493 e. The molecule has 6 nitrogen and oxygen atoms in total. The number of nitrogens with zero attached hydrogens (tertiary/aromatic N) is 1. The van der Waals surface area contributed by atoms with Crippen molar-refractivity contribution in [3.8, 4) is 11.5 Å². The minimum atomic E-state index is -0.0828. The Labute approximate surface area is 172 Å². The second-order valence-electron chi connectivity index (χ2n) is 6.98. The van der Waals surface area contributed by atoms with E-state index in [-0.39, 0.29) is 18.2 Å². The second kappa shape index (κ2) is 10.5. The third-order valence-corrected chi connectivity index (χ3v) is 4.93. The van der Waals surface area contributed by atoms with E-state index in [0.717, 1.165) is 16.8 Å². The summed E-state index contributed by atoms with van der Waals surface area (Å²) in [5.74, 6) is 1.18. The molecule has 0 aromatic heterocycles. The molecule has 2 aromatic rings. The highest BCUT2D eigenvalue weighted by Gasteiger charge is 2.14. The first-order valence-corrected chi connectivity index (χ1v) is 9.68. The van der Waals surface area contributed by atoms with Gasteiger partial charge in [-0.15, -0.1) is 0 Å². The normalized spacial score (nSPS) is 10.4. The molecule has 29 heavy (non-hydrogen) atoms. The topological polar surface area (TPSA) is 67.9 Å². The van der Waals surface area contributed by atoms with Crippen LogP contribution in [0.2, 0.25) is 0 Å². The van der Waals surface area contributed by atoms with Gasteiger partial charge in [-0.1, -0.05) is 12.1 Å². The van der Waals surface area contributed by atoms with E-state index in [1.807, 2.05) is 50.2 Å². The van der Waals surface area contributed by atoms with Crippen LogP contribution in [0.3, 0.4) is 0 Å². The van der Waals surface area contributed by atoms with Crippen LogP contribution in [-0.2, 0) is 16.0 Å². The smallest absolute Gasteiger partial charge is 0.223 e. The molecule has 2 rings (SSSR count). The lowest BCUT2D eigenvalue weighted by molar-refractivity contribution is -0.121. The molecule has 0 aliphatic carbocycles. The lowest BCUT2D eigenvalue weighted by atomic mass is 10.1. The summed E-state index contributed by atoms with van der Waals surface area (Å²) in [5.41, 5.74) is 4.15. The molecule has 2 aromatic carbocycles. The van der Waals surface area contributed by atoms with Crippen LogP contribution in [0.25, 0.3) is 0 Å². The molecule has 2 amide bonds. The lowest BCUT2D eigenvalue weighted by Gasteiger charge is -2.22. The Kier molecular flexibility index (Phi) is 8.07. The molecule has 1 N–H and O–H groups in total. The van der Waals surface area contributed by atoms with E-state index in [1.165, 1.54) is 12.5 Å². The zero-order chi connectivity index (χ0) is 21.4. The van der Waals surface area contributed by atoms with Crippen molar-refractivity contribution in [3.05, 3.63) is 53.1 Å². The monoisotopic (exact) mass is 398 g/mol. The zero-order valence-electron chi connectivity index (χ0n) is 17.9. The summed E-state index contributed by atoms with van der Waals surface area (Å²) in [5, 5.41) is 2.91. The molecule has 0 fully saturated rings. The maximum atomic E-state index is 12.2. The van der Waals surface area contributed by atoms with E-state index in [1.54, 1.807) is 19.1 Å². The molecule has 0 saturated heterocycles. The summed E-state index contributed by atoms with van der Waals surface area (Å²) in [7, 11) is 3.19. The van der Waals surface area contributed by atoms with Crippen molar-refractivity contribution in [2.75, 3.05) is 32.2 Å². The van der Waals surface area contributed by atoms with Gasteiger partial charge >= 0.3 is 0 Å². The highest BCUT2D eigenvalue weighted by Crippen LogP contribution is 2.27. The van der Waals surface area contributed by atoms with Crippen molar-refractivity contribution in [1.82, 2.24) is 5.32 Å². The maximum absolute atomic E-state index is 12.2. The van der Waals surface area contributed by atoms with Crippen molar-refractivity contribution < 1.29 is 19.1 Å². The number of benzene rings is 2. The molecular formula is C23H30N2O4. The molecule has 0 aliphatic rings. The fourth-order valence-electron chi connectivity index (χ4n) is 3.05. The Morgan fingerprint density at radius 2 is 1.69 bits per heavy atom. The summed E-state index contributed by atoms with van der Waals surface area (Å²) >= 11 is 0. The number of methoxy groups -OCH3 is 2. The molecule has 156 valence electrons. The van der Waals surface area contributed by atoms with Crippen LogP contribution in [0.5, 0.6) is 11.5 Å². The van der Waals surface area contributed by atoms with Gasteiger partial charge in [0.25, 0.3) is 0 Å². The van der Waals surface area contributed by atoms with Gasteiger partial charge in [-0.05, 0) is 61.2 Å². The van der Waals surface area contributed by atoms with Gasteiger partial charge in [-0.2, -0.15) is 0 Å². The van der Waals surface area contributed by atoms with E-state index in [0.29, 0.717) is 31.0 Å². The number of aryl methyl sites for hydroxylation is 2. The van der Waals surface area contributed by atoms with Gasteiger partial charge in [0.1, 0.15) is 0 Å². The minimum absolute atomic E-state index is 0.0774. The van der Waals surface area contributed by atoms with Crippen LogP contribution in [0.1, 0.15) is 30.0 Å². The predicted octanol–water partition coefficient (Wildman–Crippen LogP) is 3.42. The number of nitrogens with one attached hydrogen (secondary N) is 1. The molecular weight excluding hydrogens is 368 g/mol. The quantitative estimate of drug-likeness (QED) is 0.703. The van der Waals surface area contributed by atoms with Gasteiger partial charge in [0, 0.05) is 32.1 Å². The van der Waals surface area contributed by atoms with Crippen LogP contribution in [0, 0.1) is 13.8 Å². The number of ether oxygens (including phenoxy) is 2. The number of anilines is 1. The van der Waals surface area contributed by atoms with Crippen molar-refractivity contribution in [2.45, 2.75) is 33.6 Å². The Morgan fingerprint density at radius 1 is 0.966 bits per heavy atom. The molecule has 0 atom stereocenters. The number of hydrogen-bond donors (Lipinski definition) is 1. The Morgan fingerprint density at radius 3 is 2.31 bits per heavy atom. The highest BCUT2D eigenvalue weighted by atomic mass is 16.5. The second-order valence-corrected chi connectivity index (χ2v) is 6.98. The molecule has 0 aliphatic heterocycles. The molecule has 0 unspecified atom stereocenters. The van der Waals surface area contributed by atoms with Crippen LogP contribution in [0.4, 0.5) is 5.69 Å². The van der Waals surface area contributed by atoms with Crippen LogP contribution >= 0.6 is 0 Å². The fourth-order valence-corrected chi connectivity index (χ4v) is 3.05. The zero-order valence-corrected chi connectivity index (χ0v) is 17.9. The Hall–Kier alpha value is -3.02. The summed E-state index contributed by atoms with van der Waals surface area (Å²) in [6.45, 7) is 6.42. The first kappa shape index (κ1) is 22.3. The van der Waals surface area contributed by atoms with Gasteiger partial charge in [-0.3, -0.25) is 9.59 Å². The maximum Gasteiger partial charge on any atom is 0.223 e. The third kappa shape index (κ3) is 6.24. The first-order valence-electron chi connectivity index (χ1n) is 9.68. The third-order valence-electron chi connectivity index (χ3n) is 4.93. The van der Waals surface area contributed by atoms with Gasteiger partial charge in [0.15, 0.2) is 11.5 Å². The van der Waals surface area contributed by atoms with Crippen LogP contribution < -0.4 is 19.7 Å². The van der Waals surface area contributed by atoms with Gasteiger partial charge in [-0.25, -0.2) is 0 Å². The highest BCUT2D eigenvalue weighted by molar-refractivity contribution is 5.92. The summed E-state index contributed by atoms with van der Waals surface area (Å²) < 4.78 is 10.5. The number of amides is 2. The summed E-state index contributed by atoms with van der Waals surface area (Å²) in [6, 6.07) is 11.6. The average molecular weight is 399 g/mol. The van der Waals surface area contributed by atoms with E-state index in [2.05, 4.69) is 5.32 Å². The van der Waals surface area contributed by atoms with Crippen molar-refractivity contribution >= 4 is 17.5 Å². The van der Waals surface area contributed by atoms with E-state index in [9.17, 15) is 9.59 Å². The Balaban J connectivity index is 1.86. The largest absolute Gasteiger partial charge is 0.493 e. The summed E-state index contributed by atoms with van der Waals surface area (Å²) in [6.07, 6.45) is 0.929. The molecule has 0 bridgehead atoms. The standard InChI is InChI=1S/C23H30N2O4/c1-16-6-8-20(14-17(16)2)25(18(3)26)13-11-23(27)24-12-10-19-7-9-21(28-4)22(15-19)29-5/h6-9,14-15H,10-13H2,1-5H3,(H,24,27). The van der Waals surface area contributed by atoms with Gasteiger partial charge < -0.3 is 19.7 Å². The SMILES string of the molecule is COc1ccc(CCNC(=O)CCN(C(C)=O)c2ccc(C)c(C)c2)cc1OC. The molecule has 0 heterocycles. The van der Waals surface area contributed by atoms with E-state index >= 15 is 0 Å². The van der Waals surface area contributed by atoms with Crippen LogP contribution in [0.15, 0.2) is 36.4 Å². The van der Waals surface area contributed by atoms with Crippen molar-refractivity contribution in [2.24, 2.45) is 0 Å². The van der Waals surface area contributed by atoms with Crippen molar-refractivity contribution in [1.29, 1.82) is 0 Å². The van der Waals surface area contributed by atoms with Crippen LogP contribution in [-0.4, -0.2) is 39.1 Å². The fraction of sp³-hybridized carbons (Fsp3) is 0.391. The molecule has 0 spiro atoms. The van der Waals surface area contributed by atoms with E-state index in [4.69, 9.17) is 9.47 Å². The Bertz CT molecular complexity index is 864. The summed E-state index contributed by atoms with van der Waals surface area (Å²) in [4.78, 5) is 25.9. The van der Waals surface area contributed by atoms with Gasteiger partial charge in [0.2, 0.25) is 11.8 Å². The van der Waals surface area contributed by atoms with E-state index < -0.39 is 0 Å². The molecule has 0 saturated carbocycles. The predicted molar refractivity (Wildman–Crippen MR) is 115 cm³/mol. The lowest BCUT2D eigenvalue weighted by Crippen LogP contribution is -2.34. The number of hydrogen-bond acceptors (Lipinski definition) is 4. The van der Waals surface area contributed by atoms with Gasteiger partial charge in [0.05, 0.1) is 14.2 Å². The first-order chi connectivity index (χ1) is 13.8. The molecule has 6 heteroatoms. The number of rotatable bonds is 9. The number of carbonyl (C=O) groups excluding carboxylic acids is 2.